The summed E-state index contributed by atoms with van der Waals surface area (Å²) in [6.07, 6.45) is 4.59. The summed E-state index contributed by atoms with van der Waals surface area (Å²) in [5, 5.41) is 10.1. The van der Waals surface area contributed by atoms with Crippen molar-refractivity contribution in [2.75, 3.05) is 6.61 Å². The molecule has 1 aliphatic carbocycles. The zero-order valence-electron chi connectivity index (χ0n) is 7.05. The maximum atomic E-state index is 10.1. The van der Waals surface area contributed by atoms with Crippen LogP contribution >= 0.6 is 0 Å². The fourth-order valence-electron chi connectivity index (χ4n) is 2.11. The van der Waals surface area contributed by atoms with Crippen molar-refractivity contribution >= 4 is 0 Å². The van der Waals surface area contributed by atoms with Crippen LogP contribution in [0, 0.1) is 5.92 Å². The Morgan fingerprint density at radius 1 is 1.64 bits per heavy atom. The van der Waals surface area contributed by atoms with Gasteiger partial charge in [-0.1, -0.05) is 13.3 Å². The summed E-state index contributed by atoms with van der Waals surface area (Å²) in [6.45, 7) is 3.02. The average Bonchev–Trinajstić information content (AvgIpc) is 2.66. The first-order valence-electron chi connectivity index (χ1n) is 4.55. The highest BCUT2D eigenvalue weighted by molar-refractivity contribution is 4.94. The van der Waals surface area contributed by atoms with Gasteiger partial charge in [0.15, 0.2) is 0 Å². The minimum Gasteiger partial charge on any atom is -0.390 e. The molecular formula is C9H16O2. The van der Waals surface area contributed by atoms with Crippen LogP contribution in [0.2, 0.25) is 0 Å². The normalized spacial score (nSPS) is 49.6. The lowest BCUT2D eigenvalue weighted by molar-refractivity contribution is -0.00513. The van der Waals surface area contributed by atoms with Crippen LogP contribution in [0.5, 0.6) is 0 Å². The first-order valence-corrected chi connectivity index (χ1v) is 4.55. The summed E-state index contributed by atoms with van der Waals surface area (Å²) >= 11 is 0. The zero-order valence-corrected chi connectivity index (χ0v) is 7.05. The number of hydrogen-bond acceptors (Lipinski definition) is 2. The molecule has 3 unspecified atom stereocenters. The van der Waals surface area contributed by atoms with Crippen molar-refractivity contribution in [3.8, 4) is 0 Å². The molecule has 0 spiro atoms. The molecular weight excluding hydrogens is 140 g/mol. The smallest absolute Gasteiger partial charge is 0.0837 e. The summed E-state index contributed by atoms with van der Waals surface area (Å²) in [5.74, 6) is 0.478. The summed E-state index contributed by atoms with van der Waals surface area (Å²) in [5.41, 5.74) is -0.388. The fraction of sp³-hybridized carbons (Fsp3) is 1.00. The van der Waals surface area contributed by atoms with Crippen molar-refractivity contribution in [1.29, 1.82) is 0 Å². The van der Waals surface area contributed by atoms with Gasteiger partial charge in [-0.3, -0.25) is 0 Å². The van der Waals surface area contributed by atoms with Crippen LogP contribution < -0.4 is 0 Å². The van der Waals surface area contributed by atoms with Crippen molar-refractivity contribution in [2.45, 2.75) is 44.3 Å². The Morgan fingerprint density at radius 2 is 2.36 bits per heavy atom. The highest BCUT2D eigenvalue weighted by Gasteiger charge is 2.42. The van der Waals surface area contributed by atoms with Gasteiger partial charge in [0.2, 0.25) is 0 Å². The lowest BCUT2D eigenvalue weighted by Crippen LogP contribution is -2.33. The lowest BCUT2D eigenvalue weighted by Gasteiger charge is -2.26. The Kier molecular flexibility index (Phi) is 1.69. The molecule has 0 bridgehead atoms. The van der Waals surface area contributed by atoms with E-state index in [1.165, 1.54) is 12.8 Å². The van der Waals surface area contributed by atoms with Gasteiger partial charge >= 0.3 is 0 Å². The molecule has 0 aromatic carbocycles. The van der Waals surface area contributed by atoms with Gasteiger partial charge in [0.1, 0.15) is 0 Å². The molecule has 1 heterocycles. The maximum Gasteiger partial charge on any atom is 0.0837 e. The minimum absolute atomic E-state index is 0.376. The van der Waals surface area contributed by atoms with Gasteiger partial charge in [0, 0.05) is 6.42 Å². The molecule has 1 saturated heterocycles. The van der Waals surface area contributed by atoms with Crippen LogP contribution in [0.1, 0.15) is 32.6 Å². The third-order valence-corrected chi connectivity index (χ3v) is 3.15. The van der Waals surface area contributed by atoms with E-state index in [4.69, 9.17) is 4.74 Å². The van der Waals surface area contributed by atoms with E-state index in [1.54, 1.807) is 0 Å². The molecule has 0 aromatic heterocycles. The molecule has 64 valence electrons. The van der Waals surface area contributed by atoms with Gasteiger partial charge in [-0.15, -0.1) is 0 Å². The van der Waals surface area contributed by atoms with E-state index in [1.807, 2.05) is 0 Å². The Bertz CT molecular complexity index is 154. The monoisotopic (exact) mass is 156 g/mol. The van der Waals surface area contributed by atoms with Crippen LogP contribution in [0.15, 0.2) is 0 Å². The van der Waals surface area contributed by atoms with Crippen LogP contribution in [0.4, 0.5) is 0 Å². The molecule has 2 rings (SSSR count). The predicted octanol–water partition coefficient (Wildman–Crippen LogP) is 1.33. The third-order valence-electron chi connectivity index (χ3n) is 3.15. The van der Waals surface area contributed by atoms with Crippen LogP contribution in [-0.2, 0) is 4.74 Å². The number of epoxide rings is 1. The highest BCUT2D eigenvalue weighted by atomic mass is 16.6. The van der Waals surface area contributed by atoms with Crippen molar-refractivity contribution < 1.29 is 9.84 Å². The van der Waals surface area contributed by atoms with Crippen molar-refractivity contribution in [3.05, 3.63) is 0 Å². The van der Waals surface area contributed by atoms with Gasteiger partial charge in [-0.05, 0) is 18.8 Å². The molecule has 11 heavy (non-hydrogen) atoms. The van der Waals surface area contributed by atoms with E-state index in [0.29, 0.717) is 12.0 Å². The number of aliphatic hydroxyl groups is 1. The first-order chi connectivity index (χ1) is 5.21. The average molecular weight is 156 g/mol. The van der Waals surface area contributed by atoms with E-state index in [2.05, 4.69) is 6.92 Å². The van der Waals surface area contributed by atoms with Gasteiger partial charge in [-0.25, -0.2) is 0 Å². The third kappa shape index (κ3) is 1.42. The number of hydrogen-bond donors (Lipinski definition) is 1. The van der Waals surface area contributed by atoms with Crippen LogP contribution in [-0.4, -0.2) is 23.4 Å². The summed E-state index contributed by atoms with van der Waals surface area (Å²) < 4.78 is 5.12. The number of rotatable bonds is 2. The van der Waals surface area contributed by atoms with E-state index in [9.17, 15) is 5.11 Å². The van der Waals surface area contributed by atoms with Gasteiger partial charge in [0.25, 0.3) is 0 Å². The molecule has 2 aliphatic rings. The summed E-state index contributed by atoms with van der Waals surface area (Å²) in [6, 6.07) is 0. The quantitative estimate of drug-likeness (QED) is 0.612. The van der Waals surface area contributed by atoms with Crippen molar-refractivity contribution in [1.82, 2.24) is 0 Å². The van der Waals surface area contributed by atoms with E-state index in [0.717, 1.165) is 19.4 Å². The molecule has 0 amide bonds. The molecule has 2 heteroatoms. The van der Waals surface area contributed by atoms with Crippen molar-refractivity contribution in [3.63, 3.8) is 0 Å². The minimum atomic E-state index is -0.388. The molecule has 3 atom stereocenters. The Labute approximate surface area is 67.6 Å². The Hall–Kier alpha value is -0.0800. The molecule has 1 N–H and O–H groups in total. The predicted molar refractivity (Wildman–Crippen MR) is 42.3 cm³/mol. The molecule has 0 aromatic rings. The van der Waals surface area contributed by atoms with Gasteiger partial charge < -0.3 is 9.84 Å². The lowest BCUT2D eigenvalue weighted by atomic mass is 9.88. The second-order valence-corrected chi connectivity index (χ2v) is 4.06. The van der Waals surface area contributed by atoms with E-state index in [-0.39, 0.29) is 5.60 Å². The second kappa shape index (κ2) is 2.46. The first kappa shape index (κ1) is 7.56. The Morgan fingerprint density at radius 3 is 2.82 bits per heavy atom. The summed E-state index contributed by atoms with van der Waals surface area (Å²) in [4.78, 5) is 0. The zero-order chi connectivity index (χ0) is 7.90. The van der Waals surface area contributed by atoms with Crippen molar-refractivity contribution in [2.24, 2.45) is 5.92 Å². The van der Waals surface area contributed by atoms with Gasteiger partial charge in [0.05, 0.1) is 18.3 Å². The molecule has 2 nitrogen and oxygen atoms in total. The standard InChI is InChI=1S/C9H16O2/c1-7-3-2-4-9(7,10)5-8-6-11-8/h7-8,10H,2-6H2,1H3. The highest BCUT2D eigenvalue weighted by Crippen LogP contribution is 2.40. The maximum absolute atomic E-state index is 10.1. The number of ether oxygens (including phenoxy) is 1. The molecule has 2 fully saturated rings. The molecule has 0 radical (unpaired) electrons. The van der Waals surface area contributed by atoms with Crippen LogP contribution in [0.3, 0.4) is 0 Å². The van der Waals surface area contributed by atoms with E-state index < -0.39 is 0 Å². The van der Waals surface area contributed by atoms with Gasteiger partial charge in [-0.2, -0.15) is 0 Å². The second-order valence-electron chi connectivity index (χ2n) is 4.06. The molecule has 1 saturated carbocycles. The topological polar surface area (TPSA) is 32.8 Å². The van der Waals surface area contributed by atoms with Crippen LogP contribution in [0.25, 0.3) is 0 Å². The SMILES string of the molecule is CC1CCCC1(O)CC1CO1. The Balaban J connectivity index is 1.94. The summed E-state index contributed by atoms with van der Waals surface area (Å²) in [7, 11) is 0. The molecule has 1 aliphatic heterocycles. The fourth-order valence-corrected chi connectivity index (χ4v) is 2.11. The van der Waals surface area contributed by atoms with E-state index >= 15 is 0 Å². The largest absolute Gasteiger partial charge is 0.390 e.